The van der Waals surface area contributed by atoms with E-state index in [1.807, 2.05) is 45.9 Å². The minimum atomic E-state index is -0.637. The second-order valence-corrected chi connectivity index (χ2v) is 6.27. The van der Waals surface area contributed by atoms with Gasteiger partial charge in [0.05, 0.1) is 0 Å². The Bertz CT molecular complexity index is 706. The molecule has 0 aliphatic carbocycles. The zero-order valence-electron chi connectivity index (χ0n) is 14.5. The number of amides is 2. The van der Waals surface area contributed by atoms with Crippen LogP contribution in [0.1, 0.15) is 35.3 Å². The van der Waals surface area contributed by atoms with E-state index in [2.05, 4.69) is 15.6 Å². The SMILES string of the molecule is Cc1ccc(C(=O)N[C@H](C(=O)Nc2ccc(C)cn2)C(C)C)cc1. The molecular weight excluding hydrogens is 302 g/mol. The summed E-state index contributed by atoms with van der Waals surface area (Å²) in [7, 11) is 0. The molecule has 126 valence electrons. The van der Waals surface area contributed by atoms with Crippen LogP contribution in [0.2, 0.25) is 0 Å². The van der Waals surface area contributed by atoms with Crippen molar-refractivity contribution in [3.8, 4) is 0 Å². The van der Waals surface area contributed by atoms with Gasteiger partial charge in [0.15, 0.2) is 0 Å². The first kappa shape index (κ1) is 17.7. The number of carbonyl (C=O) groups excluding carboxylic acids is 2. The lowest BCUT2D eigenvalue weighted by Gasteiger charge is -2.21. The summed E-state index contributed by atoms with van der Waals surface area (Å²) in [5, 5.41) is 5.56. The molecular formula is C19H23N3O2. The number of anilines is 1. The van der Waals surface area contributed by atoms with E-state index in [9.17, 15) is 9.59 Å². The Morgan fingerprint density at radius 2 is 1.58 bits per heavy atom. The number of aryl methyl sites for hydroxylation is 2. The molecule has 0 spiro atoms. The molecule has 2 amide bonds. The highest BCUT2D eigenvalue weighted by molar-refractivity contribution is 6.01. The first-order chi connectivity index (χ1) is 11.4. The van der Waals surface area contributed by atoms with Gasteiger partial charge in [0.2, 0.25) is 5.91 Å². The third kappa shape index (κ3) is 4.65. The maximum atomic E-state index is 12.5. The third-order valence-electron chi connectivity index (χ3n) is 3.71. The van der Waals surface area contributed by atoms with Crippen LogP contribution in [0, 0.1) is 19.8 Å². The molecule has 1 atom stereocenters. The molecule has 2 N–H and O–H groups in total. The monoisotopic (exact) mass is 325 g/mol. The lowest BCUT2D eigenvalue weighted by Crippen LogP contribution is -2.47. The summed E-state index contributed by atoms with van der Waals surface area (Å²) in [4.78, 5) is 29.0. The van der Waals surface area contributed by atoms with E-state index in [0.717, 1.165) is 11.1 Å². The van der Waals surface area contributed by atoms with E-state index in [-0.39, 0.29) is 17.7 Å². The van der Waals surface area contributed by atoms with Crippen molar-refractivity contribution in [1.82, 2.24) is 10.3 Å². The van der Waals surface area contributed by atoms with E-state index in [1.165, 1.54) is 0 Å². The molecule has 0 radical (unpaired) electrons. The maximum absolute atomic E-state index is 12.5. The molecule has 1 heterocycles. The van der Waals surface area contributed by atoms with Crippen LogP contribution in [0.25, 0.3) is 0 Å². The Balaban J connectivity index is 2.07. The Kier molecular flexibility index (Phi) is 5.68. The quantitative estimate of drug-likeness (QED) is 0.887. The van der Waals surface area contributed by atoms with Crippen LogP contribution < -0.4 is 10.6 Å². The van der Waals surface area contributed by atoms with Gasteiger partial charge in [-0.3, -0.25) is 9.59 Å². The van der Waals surface area contributed by atoms with Crippen molar-refractivity contribution in [3.63, 3.8) is 0 Å². The average molecular weight is 325 g/mol. The van der Waals surface area contributed by atoms with Crippen molar-refractivity contribution in [2.75, 3.05) is 5.32 Å². The van der Waals surface area contributed by atoms with Crippen molar-refractivity contribution in [2.45, 2.75) is 33.7 Å². The van der Waals surface area contributed by atoms with Gasteiger partial charge < -0.3 is 10.6 Å². The zero-order chi connectivity index (χ0) is 17.7. The van der Waals surface area contributed by atoms with Gasteiger partial charge in [-0.1, -0.05) is 37.6 Å². The smallest absolute Gasteiger partial charge is 0.251 e. The fraction of sp³-hybridized carbons (Fsp3) is 0.316. The molecule has 0 saturated carbocycles. The topological polar surface area (TPSA) is 71.1 Å². The van der Waals surface area contributed by atoms with Gasteiger partial charge >= 0.3 is 0 Å². The van der Waals surface area contributed by atoms with Gasteiger partial charge in [0, 0.05) is 11.8 Å². The van der Waals surface area contributed by atoms with E-state index in [1.54, 1.807) is 24.4 Å². The van der Waals surface area contributed by atoms with Crippen molar-refractivity contribution in [2.24, 2.45) is 5.92 Å². The Morgan fingerprint density at radius 3 is 2.12 bits per heavy atom. The summed E-state index contributed by atoms with van der Waals surface area (Å²) in [5.74, 6) is -0.117. The lowest BCUT2D eigenvalue weighted by atomic mass is 10.0. The fourth-order valence-electron chi connectivity index (χ4n) is 2.21. The van der Waals surface area contributed by atoms with Crippen LogP contribution in [0.15, 0.2) is 42.6 Å². The predicted octanol–water partition coefficient (Wildman–Crippen LogP) is 3.09. The molecule has 2 rings (SSSR count). The normalized spacial score (nSPS) is 11.9. The number of rotatable bonds is 5. The Hall–Kier alpha value is -2.69. The first-order valence-electron chi connectivity index (χ1n) is 7.98. The highest BCUT2D eigenvalue weighted by atomic mass is 16.2. The molecule has 1 aromatic heterocycles. The molecule has 0 saturated heterocycles. The van der Waals surface area contributed by atoms with Gasteiger partial charge in [-0.2, -0.15) is 0 Å². The number of pyridine rings is 1. The van der Waals surface area contributed by atoms with Gasteiger partial charge in [-0.05, 0) is 43.5 Å². The standard InChI is InChI=1S/C19H23N3O2/c1-12(2)17(19(24)21-16-10-7-14(4)11-20-16)22-18(23)15-8-5-13(3)6-9-15/h5-12,17H,1-4H3,(H,22,23)(H,20,21,24)/t17-/m0/s1. The van der Waals surface area contributed by atoms with Crippen molar-refractivity contribution in [3.05, 3.63) is 59.3 Å². The minimum absolute atomic E-state index is 0.0511. The Morgan fingerprint density at radius 1 is 0.958 bits per heavy atom. The van der Waals surface area contributed by atoms with Crippen LogP contribution in [-0.4, -0.2) is 22.8 Å². The van der Waals surface area contributed by atoms with Crippen LogP contribution in [-0.2, 0) is 4.79 Å². The lowest BCUT2D eigenvalue weighted by molar-refractivity contribution is -0.118. The van der Waals surface area contributed by atoms with E-state index >= 15 is 0 Å². The minimum Gasteiger partial charge on any atom is -0.340 e. The van der Waals surface area contributed by atoms with Gasteiger partial charge in [0.25, 0.3) is 5.91 Å². The predicted molar refractivity (Wildman–Crippen MR) is 94.9 cm³/mol. The van der Waals surface area contributed by atoms with Crippen LogP contribution in [0.3, 0.4) is 0 Å². The summed E-state index contributed by atoms with van der Waals surface area (Å²) in [6.07, 6.45) is 1.69. The Labute approximate surface area is 142 Å². The molecule has 1 aromatic carbocycles. The maximum Gasteiger partial charge on any atom is 0.251 e. The number of aromatic nitrogens is 1. The first-order valence-corrected chi connectivity index (χ1v) is 7.98. The van der Waals surface area contributed by atoms with E-state index < -0.39 is 6.04 Å². The molecule has 0 aliphatic heterocycles. The van der Waals surface area contributed by atoms with Crippen LogP contribution >= 0.6 is 0 Å². The van der Waals surface area contributed by atoms with Crippen LogP contribution in [0.4, 0.5) is 5.82 Å². The summed E-state index contributed by atoms with van der Waals surface area (Å²) in [5.41, 5.74) is 2.63. The molecule has 0 fully saturated rings. The van der Waals surface area contributed by atoms with E-state index in [0.29, 0.717) is 11.4 Å². The van der Waals surface area contributed by atoms with Crippen molar-refractivity contribution < 1.29 is 9.59 Å². The zero-order valence-corrected chi connectivity index (χ0v) is 14.5. The molecule has 5 heteroatoms. The summed E-state index contributed by atoms with van der Waals surface area (Å²) in [6.45, 7) is 7.67. The van der Waals surface area contributed by atoms with Crippen molar-refractivity contribution >= 4 is 17.6 Å². The number of nitrogens with one attached hydrogen (secondary N) is 2. The summed E-state index contributed by atoms with van der Waals surface area (Å²) >= 11 is 0. The van der Waals surface area contributed by atoms with E-state index in [4.69, 9.17) is 0 Å². The molecule has 0 unspecified atom stereocenters. The number of carbonyl (C=O) groups is 2. The number of hydrogen-bond donors (Lipinski definition) is 2. The van der Waals surface area contributed by atoms with Crippen LogP contribution in [0.5, 0.6) is 0 Å². The van der Waals surface area contributed by atoms with Gasteiger partial charge in [-0.25, -0.2) is 4.98 Å². The molecule has 5 nitrogen and oxygen atoms in total. The number of benzene rings is 1. The largest absolute Gasteiger partial charge is 0.340 e. The van der Waals surface area contributed by atoms with Crippen molar-refractivity contribution in [1.29, 1.82) is 0 Å². The molecule has 24 heavy (non-hydrogen) atoms. The highest BCUT2D eigenvalue weighted by Gasteiger charge is 2.25. The second kappa shape index (κ2) is 7.73. The second-order valence-electron chi connectivity index (χ2n) is 6.27. The third-order valence-corrected chi connectivity index (χ3v) is 3.71. The molecule has 2 aromatic rings. The van der Waals surface area contributed by atoms with Gasteiger partial charge in [-0.15, -0.1) is 0 Å². The van der Waals surface area contributed by atoms with Gasteiger partial charge in [0.1, 0.15) is 11.9 Å². The highest BCUT2D eigenvalue weighted by Crippen LogP contribution is 2.10. The number of hydrogen-bond acceptors (Lipinski definition) is 3. The number of nitrogens with zero attached hydrogens (tertiary/aromatic N) is 1. The summed E-state index contributed by atoms with van der Waals surface area (Å²) in [6, 6.07) is 10.2. The fourth-order valence-corrected chi connectivity index (χ4v) is 2.21. The molecule has 0 bridgehead atoms. The molecule has 0 aliphatic rings. The summed E-state index contributed by atoms with van der Waals surface area (Å²) < 4.78 is 0. The average Bonchev–Trinajstić information content (AvgIpc) is 2.54.